The van der Waals surface area contributed by atoms with Gasteiger partial charge in [-0.1, -0.05) is 44.2 Å². The van der Waals surface area contributed by atoms with E-state index in [-0.39, 0.29) is 6.08 Å². The molecule has 0 amide bonds. The fourth-order valence-electron chi connectivity index (χ4n) is 3.64. The monoisotopic (exact) mass is 351 g/mol. The molecule has 0 atom stereocenters. The molecule has 136 valence electrons. The van der Waals surface area contributed by atoms with E-state index in [0.717, 1.165) is 35.8 Å². The molecule has 0 spiro atoms. The number of nitrogens with zero attached hydrogens (tertiary/aromatic N) is 1. The maximum absolute atomic E-state index is 5.86. The van der Waals surface area contributed by atoms with Gasteiger partial charge in [-0.3, -0.25) is 0 Å². The van der Waals surface area contributed by atoms with Gasteiger partial charge in [-0.15, -0.1) is 0 Å². The molecule has 2 aromatic carbocycles. The van der Waals surface area contributed by atoms with Crippen molar-refractivity contribution in [2.45, 2.75) is 44.9 Å². The Morgan fingerprint density at radius 2 is 1.69 bits per heavy atom. The number of oxazole rings is 1. The standard InChI is InChI=1S/C22H25NO3/c1-2-7-17(8-3-1)9-6-16-24-18-12-14-19(15-13-18)25-22-23-20-10-4-5-11-21(20)26-22/h4-5,10-15,17H,1-3,6-9,16H2. The van der Waals surface area contributed by atoms with Gasteiger partial charge in [-0.2, -0.15) is 4.98 Å². The summed E-state index contributed by atoms with van der Waals surface area (Å²) in [6.07, 6.45) is 9.73. The molecule has 0 saturated heterocycles. The first-order valence-electron chi connectivity index (χ1n) is 9.63. The van der Waals surface area contributed by atoms with Crippen LogP contribution in [0.2, 0.25) is 0 Å². The van der Waals surface area contributed by atoms with Crippen LogP contribution in [0.1, 0.15) is 44.9 Å². The molecule has 0 N–H and O–H groups in total. The second kappa shape index (κ2) is 8.26. The zero-order valence-electron chi connectivity index (χ0n) is 15.0. The van der Waals surface area contributed by atoms with Crippen LogP contribution in [0.15, 0.2) is 52.9 Å². The Labute approximate surface area is 154 Å². The quantitative estimate of drug-likeness (QED) is 0.465. The highest BCUT2D eigenvalue weighted by atomic mass is 16.6. The molecule has 26 heavy (non-hydrogen) atoms. The number of rotatable bonds is 7. The molecular weight excluding hydrogens is 326 g/mol. The number of ether oxygens (including phenoxy) is 2. The van der Waals surface area contributed by atoms with Gasteiger partial charge in [0.2, 0.25) is 0 Å². The molecule has 4 rings (SSSR count). The third-order valence-electron chi connectivity index (χ3n) is 5.05. The average Bonchev–Trinajstić information content (AvgIpc) is 3.10. The Morgan fingerprint density at radius 1 is 0.923 bits per heavy atom. The first kappa shape index (κ1) is 17.0. The van der Waals surface area contributed by atoms with Gasteiger partial charge in [0.15, 0.2) is 5.58 Å². The SMILES string of the molecule is c1ccc2oc(Oc3ccc(OCCCC4CCCCC4)cc3)nc2c1. The van der Waals surface area contributed by atoms with Crippen molar-refractivity contribution >= 4 is 11.1 Å². The number of fused-ring (bicyclic) bond motifs is 1. The number of hydrogen-bond donors (Lipinski definition) is 0. The highest BCUT2D eigenvalue weighted by Gasteiger charge is 2.12. The predicted molar refractivity (Wildman–Crippen MR) is 102 cm³/mol. The Bertz CT molecular complexity index is 786. The summed E-state index contributed by atoms with van der Waals surface area (Å²) in [6, 6.07) is 15.2. The van der Waals surface area contributed by atoms with Crippen LogP contribution in [0.25, 0.3) is 11.1 Å². The molecule has 0 radical (unpaired) electrons. The van der Waals surface area contributed by atoms with E-state index in [0.29, 0.717) is 5.75 Å². The maximum Gasteiger partial charge on any atom is 0.400 e. The van der Waals surface area contributed by atoms with Crippen LogP contribution in [0.3, 0.4) is 0 Å². The summed E-state index contributed by atoms with van der Waals surface area (Å²) in [4.78, 5) is 4.32. The second-order valence-corrected chi connectivity index (χ2v) is 7.02. The average molecular weight is 351 g/mol. The van der Waals surface area contributed by atoms with Gasteiger partial charge < -0.3 is 13.9 Å². The molecule has 1 heterocycles. The highest BCUT2D eigenvalue weighted by molar-refractivity contribution is 5.72. The van der Waals surface area contributed by atoms with Crippen molar-refractivity contribution in [1.82, 2.24) is 4.98 Å². The van der Waals surface area contributed by atoms with E-state index in [2.05, 4.69) is 4.98 Å². The smallest absolute Gasteiger partial charge is 0.400 e. The normalized spacial score (nSPS) is 15.2. The molecule has 4 nitrogen and oxygen atoms in total. The third-order valence-corrected chi connectivity index (χ3v) is 5.05. The van der Waals surface area contributed by atoms with Crippen molar-refractivity contribution < 1.29 is 13.9 Å². The van der Waals surface area contributed by atoms with Crippen molar-refractivity contribution in [3.63, 3.8) is 0 Å². The molecule has 4 heteroatoms. The van der Waals surface area contributed by atoms with Crippen LogP contribution in [0.5, 0.6) is 17.6 Å². The summed E-state index contributed by atoms with van der Waals surface area (Å²) in [6.45, 7) is 0.780. The first-order valence-corrected chi connectivity index (χ1v) is 9.63. The Hall–Kier alpha value is -2.49. The van der Waals surface area contributed by atoms with E-state index in [9.17, 15) is 0 Å². The number of para-hydroxylation sites is 2. The molecular formula is C22H25NO3. The Kier molecular flexibility index (Phi) is 5.38. The van der Waals surface area contributed by atoms with Crippen molar-refractivity contribution in [2.24, 2.45) is 5.92 Å². The first-order chi connectivity index (χ1) is 12.9. The van der Waals surface area contributed by atoms with Crippen LogP contribution < -0.4 is 9.47 Å². The fourth-order valence-corrected chi connectivity index (χ4v) is 3.64. The number of hydrogen-bond acceptors (Lipinski definition) is 4. The lowest BCUT2D eigenvalue weighted by molar-refractivity contribution is 0.268. The van der Waals surface area contributed by atoms with E-state index in [1.54, 1.807) is 0 Å². The van der Waals surface area contributed by atoms with Crippen LogP contribution in [-0.2, 0) is 0 Å². The summed E-state index contributed by atoms with van der Waals surface area (Å²) in [5, 5.41) is 0. The minimum absolute atomic E-state index is 0.257. The van der Waals surface area contributed by atoms with Crippen LogP contribution in [0, 0.1) is 5.92 Å². The summed E-state index contributed by atoms with van der Waals surface area (Å²) >= 11 is 0. The lowest BCUT2D eigenvalue weighted by Crippen LogP contribution is -2.08. The molecule has 1 aliphatic rings. The second-order valence-electron chi connectivity index (χ2n) is 7.02. The molecule has 1 fully saturated rings. The molecule has 1 aliphatic carbocycles. The Balaban J connectivity index is 1.25. The van der Waals surface area contributed by atoms with E-state index in [1.165, 1.54) is 38.5 Å². The summed E-state index contributed by atoms with van der Waals surface area (Å²) in [7, 11) is 0. The number of benzene rings is 2. The van der Waals surface area contributed by atoms with Crippen LogP contribution >= 0.6 is 0 Å². The molecule has 1 aromatic heterocycles. The van der Waals surface area contributed by atoms with Gasteiger partial charge >= 0.3 is 6.08 Å². The van der Waals surface area contributed by atoms with Gasteiger partial charge in [0, 0.05) is 0 Å². The van der Waals surface area contributed by atoms with Crippen molar-refractivity contribution in [1.29, 1.82) is 0 Å². The highest BCUT2D eigenvalue weighted by Crippen LogP contribution is 2.28. The van der Waals surface area contributed by atoms with Gasteiger partial charge in [0.25, 0.3) is 0 Å². The van der Waals surface area contributed by atoms with E-state index >= 15 is 0 Å². The minimum atomic E-state index is 0.257. The van der Waals surface area contributed by atoms with Crippen molar-refractivity contribution in [3.8, 4) is 17.6 Å². The summed E-state index contributed by atoms with van der Waals surface area (Å²) < 4.78 is 17.1. The summed E-state index contributed by atoms with van der Waals surface area (Å²) in [5.74, 6) is 2.48. The fraction of sp³-hybridized carbons (Fsp3) is 0.409. The zero-order valence-corrected chi connectivity index (χ0v) is 15.0. The molecule has 0 bridgehead atoms. The predicted octanol–water partition coefficient (Wildman–Crippen LogP) is 6.36. The van der Waals surface area contributed by atoms with Crippen molar-refractivity contribution in [3.05, 3.63) is 48.5 Å². The Morgan fingerprint density at radius 3 is 2.50 bits per heavy atom. The lowest BCUT2D eigenvalue weighted by Gasteiger charge is -2.21. The molecule has 1 saturated carbocycles. The van der Waals surface area contributed by atoms with E-state index in [1.807, 2.05) is 48.5 Å². The molecule has 0 aliphatic heterocycles. The van der Waals surface area contributed by atoms with E-state index in [4.69, 9.17) is 13.9 Å². The molecule has 3 aromatic rings. The van der Waals surface area contributed by atoms with Gasteiger partial charge in [0.1, 0.15) is 17.0 Å². The summed E-state index contributed by atoms with van der Waals surface area (Å²) in [5.41, 5.74) is 1.51. The minimum Gasteiger partial charge on any atom is -0.494 e. The van der Waals surface area contributed by atoms with Crippen molar-refractivity contribution in [2.75, 3.05) is 6.61 Å². The van der Waals surface area contributed by atoms with Crippen LogP contribution in [-0.4, -0.2) is 11.6 Å². The molecule has 0 unspecified atom stereocenters. The zero-order chi connectivity index (χ0) is 17.6. The maximum atomic E-state index is 5.86. The van der Waals surface area contributed by atoms with E-state index < -0.39 is 0 Å². The van der Waals surface area contributed by atoms with Crippen LogP contribution in [0.4, 0.5) is 0 Å². The largest absolute Gasteiger partial charge is 0.494 e. The third kappa shape index (κ3) is 4.37. The van der Waals surface area contributed by atoms with Gasteiger partial charge in [-0.05, 0) is 55.2 Å². The van der Waals surface area contributed by atoms with Gasteiger partial charge in [-0.25, -0.2) is 0 Å². The topological polar surface area (TPSA) is 44.5 Å². The lowest BCUT2D eigenvalue weighted by atomic mass is 9.86. The van der Waals surface area contributed by atoms with Gasteiger partial charge in [0.05, 0.1) is 6.61 Å². The number of aromatic nitrogens is 1.